The first-order chi connectivity index (χ1) is 5.27. The molecule has 0 atom stereocenters. The standard InChI is InChI=1S/C8H10OS2/c1-6-5-7(11-10)3-4-8(6)9-2/h3-5,10H,1-2H3. The number of hydrogen-bond acceptors (Lipinski definition) is 3. The summed E-state index contributed by atoms with van der Waals surface area (Å²) in [6, 6.07) is 5.99. The SMILES string of the molecule is COc1ccc(SS)cc1C. The fraction of sp³-hybridized carbons (Fsp3) is 0.250. The molecule has 0 aromatic heterocycles. The van der Waals surface area contributed by atoms with Crippen LogP contribution in [-0.4, -0.2) is 7.11 Å². The Morgan fingerprint density at radius 3 is 2.64 bits per heavy atom. The van der Waals surface area contributed by atoms with E-state index in [-0.39, 0.29) is 0 Å². The van der Waals surface area contributed by atoms with E-state index < -0.39 is 0 Å². The number of aryl methyl sites for hydroxylation is 1. The Hall–Kier alpha value is -0.280. The third-order valence-electron chi connectivity index (χ3n) is 1.47. The van der Waals surface area contributed by atoms with Gasteiger partial charge in [-0.25, -0.2) is 0 Å². The molecule has 11 heavy (non-hydrogen) atoms. The summed E-state index contributed by atoms with van der Waals surface area (Å²) in [5.41, 5.74) is 1.14. The van der Waals surface area contributed by atoms with Crippen molar-refractivity contribution in [2.24, 2.45) is 0 Å². The highest BCUT2D eigenvalue weighted by molar-refractivity contribution is 8.68. The van der Waals surface area contributed by atoms with E-state index in [1.165, 1.54) is 10.8 Å². The first kappa shape index (κ1) is 8.81. The number of hydrogen-bond donors (Lipinski definition) is 1. The molecule has 60 valence electrons. The maximum Gasteiger partial charge on any atom is 0.121 e. The van der Waals surface area contributed by atoms with Crippen LogP contribution in [0.25, 0.3) is 0 Å². The fourth-order valence-corrected chi connectivity index (χ4v) is 1.61. The summed E-state index contributed by atoms with van der Waals surface area (Å²) in [6.45, 7) is 2.02. The Kier molecular flexibility index (Phi) is 3.15. The minimum atomic E-state index is 0.927. The van der Waals surface area contributed by atoms with Crippen molar-refractivity contribution in [1.29, 1.82) is 0 Å². The van der Waals surface area contributed by atoms with Gasteiger partial charge < -0.3 is 4.74 Å². The molecule has 1 aromatic carbocycles. The minimum Gasteiger partial charge on any atom is -0.496 e. The average Bonchev–Trinajstić information content (AvgIpc) is 2.04. The van der Waals surface area contributed by atoms with Gasteiger partial charge in [0, 0.05) is 4.90 Å². The lowest BCUT2D eigenvalue weighted by Crippen LogP contribution is -1.85. The third kappa shape index (κ3) is 2.07. The number of benzene rings is 1. The summed E-state index contributed by atoms with van der Waals surface area (Å²) < 4.78 is 5.11. The van der Waals surface area contributed by atoms with Gasteiger partial charge in [-0.3, -0.25) is 0 Å². The number of thiol groups is 1. The molecule has 3 heteroatoms. The maximum absolute atomic E-state index is 5.11. The second-order valence-corrected chi connectivity index (χ2v) is 3.42. The van der Waals surface area contributed by atoms with E-state index in [4.69, 9.17) is 4.74 Å². The van der Waals surface area contributed by atoms with Crippen LogP contribution in [0.5, 0.6) is 5.75 Å². The van der Waals surface area contributed by atoms with Gasteiger partial charge in [-0.1, -0.05) is 10.8 Å². The minimum absolute atomic E-state index is 0.927. The van der Waals surface area contributed by atoms with Gasteiger partial charge in [0.15, 0.2) is 0 Å². The topological polar surface area (TPSA) is 9.23 Å². The third-order valence-corrected chi connectivity index (χ3v) is 2.57. The number of ether oxygens (including phenoxy) is 1. The molecule has 1 aromatic rings. The molecule has 0 unspecified atom stereocenters. The molecule has 0 fully saturated rings. The summed E-state index contributed by atoms with van der Waals surface area (Å²) in [5, 5.41) is 0. The maximum atomic E-state index is 5.11. The van der Waals surface area contributed by atoms with Gasteiger partial charge in [0.05, 0.1) is 7.11 Å². The molecule has 0 amide bonds. The molecule has 0 N–H and O–H groups in total. The molecule has 0 saturated heterocycles. The zero-order chi connectivity index (χ0) is 8.27. The second-order valence-electron chi connectivity index (χ2n) is 2.22. The zero-order valence-corrected chi connectivity index (χ0v) is 8.21. The van der Waals surface area contributed by atoms with Gasteiger partial charge in [0.25, 0.3) is 0 Å². The van der Waals surface area contributed by atoms with E-state index in [2.05, 4.69) is 17.7 Å². The quantitative estimate of drug-likeness (QED) is 0.561. The number of methoxy groups -OCH3 is 1. The van der Waals surface area contributed by atoms with Crippen LogP contribution >= 0.6 is 22.5 Å². The van der Waals surface area contributed by atoms with Crippen LogP contribution in [0.1, 0.15) is 5.56 Å². The van der Waals surface area contributed by atoms with Gasteiger partial charge in [0.2, 0.25) is 0 Å². The molecule has 1 rings (SSSR count). The molecule has 0 aliphatic carbocycles. The Balaban J connectivity index is 2.99. The van der Waals surface area contributed by atoms with E-state index in [1.54, 1.807) is 7.11 Å². The second kappa shape index (κ2) is 3.93. The molecule has 0 spiro atoms. The molecule has 0 saturated carbocycles. The lowest BCUT2D eigenvalue weighted by Gasteiger charge is -2.04. The Labute approximate surface area is 76.0 Å². The van der Waals surface area contributed by atoms with Crippen molar-refractivity contribution in [2.45, 2.75) is 11.8 Å². The molecule has 0 aliphatic heterocycles. The van der Waals surface area contributed by atoms with Crippen molar-refractivity contribution >= 4 is 22.5 Å². The van der Waals surface area contributed by atoms with E-state index in [0.717, 1.165) is 16.2 Å². The van der Waals surface area contributed by atoms with Gasteiger partial charge in [0.1, 0.15) is 5.75 Å². The Morgan fingerprint density at radius 2 is 2.18 bits per heavy atom. The molecule has 0 bridgehead atoms. The van der Waals surface area contributed by atoms with Crippen LogP contribution < -0.4 is 4.74 Å². The van der Waals surface area contributed by atoms with Gasteiger partial charge >= 0.3 is 0 Å². The zero-order valence-electron chi connectivity index (χ0n) is 6.50. The molecule has 0 radical (unpaired) electrons. The van der Waals surface area contributed by atoms with Crippen molar-refractivity contribution in [2.75, 3.05) is 7.11 Å². The van der Waals surface area contributed by atoms with Crippen molar-refractivity contribution in [3.63, 3.8) is 0 Å². The van der Waals surface area contributed by atoms with Crippen LogP contribution in [0, 0.1) is 6.92 Å². The van der Waals surface area contributed by atoms with Crippen LogP contribution in [-0.2, 0) is 0 Å². The van der Waals surface area contributed by atoms with Crippen molar-refractivity contribution in [3.05, 3.63) is 23.8 Å². The van der Waals surface area contributed by atoms with E-state index in [1.807, 2.05) is 19.1 Å². The van der Waals surface area contributed by atoms with E-state index in [9.17, 15) is 0 Å². The van der Waals surface area contributed by atoms with Crippen molar-refractivity contribution < 1.29 is 4.74 Å². The lowest BCUT2D eigenvalue weighted by atomic mass is 10.2. The highest BCUT2D eigenvalue weighted by Gasteiger charge is 1.97. The summed E-state index contributed by atoms with van der Waals surface area (Å²) in [7, 11) is 3.12. The van der Waals surface area contributed by atoms with Gasteiger partial charge in [-0.2, -0.15) is 0 Å². The summed E-state index contributed by atoms with van der Waals surface area (Å²) in [5.74, 6) is 0.927. The van der Waals surface area contributed by atoms with Crippen molar-refractivity contribution in [1.82, 2.24) is 0 Å². The largest absolute Gasteiger partial charge is 0.496 e. The predicted molar refractivity (Wildman–Crippen MR) is 52.6 cm³/mol. The molecule has 0 aliphatic rings. The van der Waals surface area contributed by atoms with Crippen LogP contribution in [0.2, 0.25) is 0 Å². The molecular weight excluding hydrogens is 176 g/mol. The predicted octanol–water partition coefficient (Wildman–Crippen LogP) is 2.94. The normalized spacial score (nSPS) is 9.73. The summed E-state index contributed by atoms with van der Waals surface area (Å²) in [4.78, 5) is 1.15. The monoisotopic (exact) mass is 186 g/mol. The van der Waals surface area contributed by atoms with Crippen LogP contribution in [0.3, 0.4) is 0 Å². The van der Waals surface area contributed by atoms with Crippen molar-refractivity contribution in [3.8, 4) is 5.75 Å². The lowest BCUT2D eigenvalue weighted by molar-refractivity contribution is 0.411. The Bertz CT molecular complexity index is 248. The first-order valence-electron chi connectivity index (χ1n) is 3.24. The molecule has 1 nitrogen and oxygen atoms in total. The van der Waals surface area contributed by atoms with E-state index >= 15 is 0 Å². The Morgan fingerprint density at radius 1 is 1.45 bits per heavy atom. The fourth-order valence-electron chi connectivity index (χ4n) is 0.908. The molecular formula is C8H10OS2. The van der Waals surface area contributed by atoms with Crippen LogP contribution in [0.4, 0.5) is 0 Å². The first-order valence-corrected chi connectivity index (χ1v) is 5.11. The smallest absolute Gasteiger partial charge is 0.121 e. The van der Waals surface area contributed by atoms with E-state index in [0.29, 0.717) is 0 Å². The summed E-state index contributed by atoms with van der Waals surface area (Å²) in [6.07, 6.45) is 0. The average molecular weight is 186 g/mol. The highest BCUT2D eigenvalue weighted by atomic mass is 33.1. The van der Waals surface area contributed by atoms with Gasteiger partial charge in [-0.05, 0) is 30.7 Å². The highest BCUT2D eigenvalue weighted by Crippen LogP contribution is 2.26. The van der Waals surface area contributed by atoms with Crippen LogP contribution in [0.15, 0.2) is 23.1 Å². The van der Waals surface area contributed by atoms with Gasteiger partial charge in [-0.15, -0.1) is 11.7 Å². The number of rotatable bonds is 2. The summed E-state index contributed by atoms with van der Waals surface area (Å²) >= 11 is 4.10. The molecule has 0 heterocycles.